The van der Waals surface area contributed by atoms with Crippen LogP contribution in [0.5, 0.6) is 0 Å². The van der Waals surface area contributed by atoms with Crippen molar-refractivity contribution in [2.24, 2.45) is 0 Å². The SMILES string of the molecule is O=[N+]([O-])c1c(NCCO)ncnc1N[C@@H]1O[C@H](CO)[C@@H](O)[C@H]1O. The minimum atomic E-state index is -1.41. The smallest absolute Gasteiger partial charge is 0.353 e. The lowest BCUT2D eigenvalue weighted by atomic mass is 10.1. The number of nitro groups is 1. The van der Waals surface area contributed by atoms with E-state index in [9.17, 15) is 20.3 Å². The normalized spacial score (nSPS) is 27.0. The van der Waals surface area contributed by atoms with Crippen LogP contribution in [0.1, 0.15) is 0 Å². The van der Waals surface area contributed by atoms with Gasteiger partial charge in [0, 0.05) is 6.54 Å². The first-order valence-electron chi connectivity index (χ1n) is 6.72. The van der Waals surface area contributed by atoms with Gasteiger partial charge in [-0.2, -0.15) is 0 Å². The molecule has 12 heteroatoms. The molecule has 1 aromatic rings. The van der Waals surface area contributed by atoms with Crippen LogP contribution in [0.25, 0.3) is 0 Å². The molecule has 0 bridgehead atoms. The largest absolute Gasteiger partial charge is 0.395 e. The molecule has 0 radical (unpaired) electrons. The average Bonchev–Trinajstić information content (AvgIpc) is 2.80. The highest BCUT2D eigenvalue weighted by Crippen LogP contribution is 2.31. The quantitative estimate of drug-likeness (QED) is 0.232. The van der Waals surface area contributed by atoms with Crippen molar-refractivity contribution in [1.82, 2.24) is 9.97 Å². The van der Waals surface area contributed by atoms with Crippen LogP contribution in [-0.4, -0.2) is 79.6 Å². The summed E-state index contributed by atoms with van der Waals surface area (Å²) in [6, 6.07) is 0. The van der Waals surface area contributed by atoms with Crippen molar-refractivity contribution in [3.63, 3.8) is 0 Å². The van der Waals surface area contributed by atoms with E-state index in [1.807, 2.05) is 0 Å². The molecule has 1 aliphatic heterocycles. The second-order valence-electron chi connectivity index (χ2n) is 4.73. The van der Waals surface area contributed by atoms with Gasteiger partial charge in [-0.25, -0.2) is 9.97 Å². The van der Waals surface area contributed by atoms with Gasteiger partial charge in [0.1, 0.15) is 24.6 Å². The van der Waals surface area contributed by atoms with Crippen LogP contribution in [0.4, 0.5) is 17.3 Å². The molecular weight excluding hydrogens is 314 g/mol. The molecule has 2 heterocycles. The number of aliphatic hydroxyl groups excluding tert-OH is 4. The summed E-state index contributed by atoms with van der Waals surface area (Å²) in [6.07, 6.45) is -3.91. The molecule has 0 unspecified atom stereocenters. The van der Waals surface area contributed by atoms with Gasteiger partial charge in [0.25, 0.3) is 0 Å². The Hall–Kier alpha value is -2.12. The first-order valence-corrected chi connectivity index (χ1v) is 6.72. The van der Waals surface area contributed by atoms with Gasteiger partial charge in [0.05, 0.1) is 18.1 Å². The second kappa shape index (κ2) is 7.43. The number of hydrogen-bond donors (Lipinski definition) is 6. The Kier molecular flexibility index (Phi) is 5.57. The Labute approximate surface area is 129 Å². The topological polar surface area (TPSA) is 183 Å². The number of nitrogens with one attached hydrogen (secondary N) is 2. The highest BCUT2D eigenvalue weighted by Gasteiger charge is 2.43. The summed E-state index contributed by atoms with van der Waals surface area (Å²) in [4.78, 5) is 18.0. The van der Waals surface area contributed by atoms with Crippen molar-refractivity contribution >= 4 is 17.3 Å². The zero-order chi connectivity index (χ0) is 17.0. The zero-order valence-electron chi connectivity index (χ0n) is 11.9. The van der Waals surface area contributed by atoms with Crippen LogP contribution in [-0.2, 0) is 4.74 Å². The minimum absolute atomic E-state index is 0.0468. The highest BCUT2D eigenvalue weighted by molar-refractivity contribution is 5.69. The van der Waals surface area contributed by atoms with Gasteiger partial charge in [-0.15, -0.1) is 0 Å². The summed E-state index contributed by atoms with van der Waals surface area (Å²) in [5, 5.41) is 53.7. The van der Waals surface area contributed by atoms with E-state index < -0.39 is 41.8 Å². The van der Waals surface area contributed by atoms with E-state index in [2.05, 4.69) is 20.6 Å². The number of aliphatic hydroxyl groups is 4. The molecule has 0 amide bonds. The number of ether oxygens (including phenoxy) is 1. The summed E-state index contributed by atoms with van der Waals surface area (Å²) in [5.41, 5.74) is -0.501. The lowest BCUT2D eigenvalue weighted by molar-refractivity contribution is -0.383. The van der Waals surface area contributed by atoms with Crippen molar-refractivity contribution in [3.05, 3.63) is 16.4 Å². The van der Waals surface area contributed by atoms with Gasteiger partial charge >= 0.3 is 5.69 Å². The Morgan fingerprint density at radius 3 is 2.52 bits per heavy atom. The van der Waals surface area contributed by atoms with Crippen LogP contribution in [0, 0.1) is 10.1 Å². The third-order valence-electron chi connectivity index (χ3n) is 3.23. The summed E-state index contributed by atoms with van der Waals surface area (Å²) < 4.78 is 5.19. The summed E-state index contributed by atoms with van der Waals surface area (Å²) in [6.45, 7) is -0.727. The molecule has 4 atom stereocenters. The van der Waals surface area contributed by atoms with Gasteiger partial charge in [0.15, 0.2) is 6.23 Å². The zero-order valence-corrected chi connectivity index (χ0v) is 11.9. The standard InChI is InChI=1S/C11H17N5O7/c17-2-1-12-9-6(16(21)22)10(14-4-13-9)15-11-8(20)7(19)5(3-18)23-11/h4-5,7-8,11,17-20H,1-3H2,(H2,12,13,14,15)/t5-,7-,8-,11-/m1/s1. The van der Waals surface area contributed by atoms with Gasteiger partial charge in [0.2, 0.25) is 11.6 Å². The lowest BCUT2D eigenvalue weighted by Crippen LogP contribution is -2.36. The number of hydrogen-bond acceptors (Lipinski definition) is 11. The third-order valence-corrected chi connectivity index (χ3v) is 3.23. The molecule has 12 nitrogen and oxygen atoms in total. The maximum absolute atomic E-state index is 11.2. The van der Waals surface area contributed by atoms with Gasteiger partial charge in [-0.1, -0.05) is 0 Å². The molecule has 0 aromatic carbocycles. The predicted octanol–water partition coefficient (Wildman–Crippen LogP) is -2.36. The number of rotatable bonds is 7. The van der Waals surface area contributed by atoms with Gasteiger partial charge < -0.3 is 35.8 Å². The van der Waals surface area contributed by atoms with Crippen LogP contribution in [0.15, 0.2) is 6.33 Å². The molecule has 2 rings (SSSR count). The summed E-state index contributed by atoms with van der Waals surface area (Å²) in [7, 11) is 0. The fourth-order valence-corrected chi connectivity index (χ4v) is 2.11. The van der Waals surface area contributed by atoms with E-state index in [1.54, 1.807) is 0 Å². The van der Waals surface area contributed by atoms with Crippen molar-refractivity contribution in [2.75, 3.05) is 30.4 Å². The van der Waals surface area contributed by atoms with Gasteiger partial charge in [-0.05, 0) is 0 Å². The van der Waals surface area contributed by atoms with Crippen LogP contribution in [0.2, 0.25) is 0 Å². The van der Waals surface area contributed by atoms with Gasteiger partial charge in [-0.3, -0.25) is 10.1 Å². The first kappa shape index (κ1) is 17.2. The minimum Gasteiger partial charge on any atom is -0.395 e. The molecule has 0 aliphatic carbocycles. The Balaban J connectivity index is 2.24. The van der Waals surface area contributed by atoms with Crippen LogP contribution >= 0.6 is 0 Å². The Morgan fingerprint density at radius 1 is 1.26 bits per heavy atom. The molecule has 1 fully saturated rings. The molecule has 1 aliphatic rings. The molecule has 0 spiro atoms. The third kappa shape index (κ3) is 3.62. The van der Waals surface area contributed by atoms with E-state index in [4.69, 9.17) is 14.9 Å². The van der Waals surface area contributed by atoms with E-state index in [0.29, 0.717) is 0 Å². The fourth-order valence-electron chi connectivity index (χ4n) is 2.11. The molecule has 6 N–H and O–H groups in total. The van der Waals surface area contributed by atoms with E-state index in [-0.39, 0.29) is 24.8 Å². The maximum Gasteiger partial charge on any atom is 0.353 e. The lowest BCUT2D eigenvalue weighted by Gasteiger charge is -2.17. The molecule has 0 saturated carbocycles. The van der Waals surface area contributed by atoms with Crippen LogP contribution < -0.4 is 10.6 Å². The summed E-state index contributed by atoms with van der Waals surface area (Å²) >= 11 is 0. The molecule has 1 saturated heterocycles. The number of anilines is 2. The average molecular weight is 331 g/mol. The van der Waals surface area contributed by atoms with Crippen molar-refractivity contribution in [1.29, 1.82) is 0 Å². The van der Waals surface area contributed by atoms with Crippen molar-refractivity contribution in [3.8, 4) is 0 Å². The Morgan fingerprint density at radius 2 is 1.96 bits per heavy atom. The van der Waals surface area contributed by atoms with E-state index in [0.717, 1.165) is 6.33 Å². The molecule has 1 aromatic heterocycles. The molecular formula is C11H17N5O7. The maximum atomic E-state index is 11.2. The highest BCUT2D eigenvalue weighted by atomic mass is 16.6. The van der Waals surface area contributed by atoms with Crippen LogP contribution in [0.3, 0.4) is 0 Å². The Bertz CT molecular complexity index is 560. The van der Waals surface area contributed by atoms with E-state index >= 15 is 0 Å². The second-order valence-corrected chi connectivity index (χ2v) is 4.73. The number of nitrogens with zero attached hydrogens (tertiary/aromatic N) is 3. The fraction of sp³-hybridized carbons (Fsp3) is 0.636. The number of aromatic nitrogens is 2. The summed E-state index contributed by atoms with van der Waals surface area (Å²) in [5.74, 6) is -0.353. The molecule has 23 heavy (non-hydrogen) atoms. The molecule has 128 valence electrons. The first-order chi connectivity index (χ1) is 11.0. The van der Waals surface area contributed by atoms with E-state index in [1.165, 1.54) is 0 Å². The van der Waals surface area contributed by atoms with Crippen molar-refractivity contribution < 1.29 is 30.1 Å². The van der Waals surface area contributed by atoms with Crippen molar-refractivity contribution in [2.45, 2.75) is 24.5 Å². The predicted molar refractivity (Wildman–Crippen MR) is 75.6 cm³/mol. The monoisotopic (exact) mass is 331 g/mol.